The van der Waals surface area contributed by atoms with E-state index in [-0.39, 0.29) is 6.61 Å². The lowest BCUT2D eigenvalue weighted by molar-refractivity contribution is 0.282. The molecule has 0 saturated heterocycles. The average molecular weight is 154 g/mol. The third kappa shape index (κ3) is 3.57. The molecule has 0 amide bonds. The van der Waals surface area contributed by atoms with E-state index in [9.17, 15) is 0 Å². The molecule has 0 fully saturated rings. The lowest BCUT2D eigenvalue weighted by Gasteiger charge is -1.94. The highest BCUT2D eigenvalue weighted by Gasteiger charge is 1.88. The topological polar surface area (TPSA) is 59.1 Å². The van der Waals surface area contributed by atoms with Crippen LogP contribution in [0.25, 0.3) is 0 Å². The van der Waals surface area contributed by atoms with Crippen molar-refractivity contribution in [2.45, 2.75) is 20.5 Å². The molecule has 0 radical (unpaired) electrons. The third-order valence-corrected chi connectivity index (χ3v) is 1.03. The van der Waals surface area contributed by atoms with Gasteiger partial charge in [0, 0.05) is 6.20 Å². The summed E-state index contributed by atoms with van der Waals surface area (Å²) in [6, 6.07) is 3.36. The number of aliphatic hydroxyl groups excluding tert-OH is 1. The SMILES string of the molecule is CC.Nc1cc(CO)ccn1. The normalized spacial score (nSPS) is 8.27. The zero-order valence-electron chi connectivity index (χ0n) is 6.91. The van der Waals surface area contributed by atoms with Crippen LogP contribution in [0.4, 0.5) is 5.82 Å². The second-order valence-corrected chi connectivity index (χ2v) is 1.75. The Kier molecular flexibility index (Phi) is 5.11. The molecule has 0 unspecified atom stereocenters. The molecule has 1 aromatic rings. The molecule has 0 aliphatic rings. The van der Waals surface area contributed by atoms with Crippen LogP contribution in [0.15, 0.2) is 18.3 Å². The van der Waals surface area contributed by atoms with Crippen LogP contribution in [-0.4, -0.2) is 10.1 Å². The smallest absolute Gasteiger partial charge is 0.123 e. The van der Waals surface area contributed by atoms with E-state index in [1.54, 1.807) is 18.3 Å². The van der Waals surface area contributed by atoms with Gasteiger partial charge < -0.3 is 10.8 Å². The standard InChI is InChI=1S/C6H8N2O.C2H6/c7-6-3-5(4-9)1-2-8-6;1-2/h1-3,9H,4H2,(H2,7,8);1-2H3. The van der Waals surface area contributed by atoms with Crippen molar-refractivity contribution in [1.29, 1.82) is 0 Å². The van der Waals surface area contributed by atoms with Crippen LogP contribution < -0.4 is 5.73 Å². The monoisotopic (exact) mass is 154 g/mol. The Bertz CT molecular complexity index is 201. The third-order valence-electron chi connectivity index (χ3n) is 1.03. The molecule has 62 valence electrons. The van der Waals surface area contributed by atoms with Crippen molar-refractivity contribution in [3.63, 3.8) is 0 Å². The number of aromatic nitrogens is 1. The number of nitrogens with zero attached hydrogens (tertiary/aromatic N) is 1. The summed E-state index contributed by atoms with van der Waals surface area (Å²) in [5.41, 5.74) is 6.11. The number of hydrogen-bond acceptors (Lipinski definition) is 3. The van der Waals surface area contributed by atoms with Gasteiger partial charge in [0.15, 0.2) is 0 Å². The molecule has 3 heteroatoms. The molecule has 0 spiro atoms. The van der Waals surface area contributed by atoms with E-state index in [0.717, 1.165) is 5.56 Å². The molecular formula is C8H14N2O. The summed E-state index contributed by atoms with van der Waals surface area (Å²) in [6.45, 7) is 4.02. The summed E-state index contributed by atoms with van der Waals surface area (Å²) in [5, 5.41) is 8.58. The van der Waals surface area contributed by atoms with E-state index in [0.29, 0.717) is 5.82 Å². The minimum absolute atomic E-state index is 0.0206. The minimum Gasteiger partial charge on any atom is -0.392 e. The van der Waals surface area contributed by atoms with Crippen LogP contribution in [0, 0.1) is 0 Å². The van der Waals surface area contributed by atoms with Crippen LogP contribution in [-0.2, 0) is 6.61 Å². The van der Waals surface area contributed by atoms with E-state index in [1.165, 1.54) is 0 Å². The highest BCUT2D eigenvalue weighted by Crippen LogP contribution is 2.00. The number of hydrogen-bond donors (Lipinski definition) is 2. The Labute approximate surface area is 66.9 Å². The largest absolute Gasteiger partial charge is 0.392 e. The van der Waals surface area contributed by atoms with Gasteiger partial charge in [-0.05, 0) is 17.7 Å². The summed E-state index contributed by atoms with van der Waals surface area (Å²) in [6.07, 6.45) is 1.57. The minimum atomic E-state index is 0.0206. The number of aliphatic hydroxyl groups is 1. The van der Waals surface area contributed by atoms with Crippen LogP contribution in [0.3, 0.4) is 0 Å². The Hall–Kier alpha value is -1.09. The second kappa shape index (κ2) is 5.68. The second-order valence-electron chi connectivity index (χ2n) is 1.75. The first-order valence-corrected chi connectivity index (χ1v) is 3.64. The number of anilines is 1. The van der Waals surface area contributed by atoms with Crippen molar-refractivity contribution in [3.8, 4) is 0 Å². The van der Waals surface area contributed by atoms with E-state index in [1.807, 2.05) is 13.8 Å². The molecule has 0 atom stereocenters. The van der Waals surface area contributed by atoms with E-state index in [2.05, 4.69) is 4.98 Å². The highest BCUT2D eigenvalue weighted by molar-refractivity contribution is 5.31. The average Bonchev–Trinajstić information content (AvgIpc) is 2.08. The molecule has 1 aromatic heterocycles. The molecule has 0 aromatic carbocycles. The van der Waals surface area contributed by atoms with Gasteiger partial charge in [0.05, 0.1) is 6.61 Å². The van der Waals surface area contributed by atoms with Crippen molar-refractivity contribution in [2.24, 2.45) is 0 Å². The Morgan fingerprint density at radius 1 is 1.55 bits per heavy atom. The first-order chi connectivity index (χ1) is 5.33. The van der Waals surface area contributed by atoms with Crippen LogP contribution in [0.1, 0.15) is 19.4 Å². The van der Waals surface area contributed by atoms with E-state index in [4.69, 9.17) is 10.8 Å². The first-order valence-electron chi connectivity index (χ1n) is 3.64. The van der Waals surface area contributed by atoms with Crippen LogP contribution in [0.5, 0.6) is 0 Å². The van der Waals surface area contributed by atoms with Crippen molar-refractivity contribution >= 4 is 5.82 Å². The van der Waals surface area contributed by atoms with Gasteiger partial charge in [0.2, 0.25) is 0 Å². The molecular weight excluding hydrogens is 140 g/mol. The lowest BCUT2D eigenvalue weighted by atomic mass is 10.3. The fourth-order valence-electron chi connectivity index (χ4n) is 0.593. The number of nitrogen functional groups attached to an aromatic ring is 1. The van der Waals surface area contributed by atoms with Gasteiger partial charge in [-0.25, -0.2) is 4.98 Å². The van der Waals surface area contributed by atoms with Gasteiger partial charge >= 0.3 is 0 Å². The molecule has 1 heterocycles. The molecule has 1 rings (SSSR count). The van der Waals surface area contributed by atoms with Gasteiger partial charge in [-0.15, -0.1) is 0 Å². The first kappa shape index (κ1) is 9.91. The summed E-state index contributed by atoms with van der Waals surface area (Å²) in [5.74, 6) is 0.446. The molecule has 0 aliphatic carbocycles. The fourth-order valence-corrected chi connectivity index (χ4v) is 0.593. The van der Waals surface area contributed by atoms with Crippen molar-refractivity contribution in [3.05, 3.63) is 23.9 Å². The summed E-state index contributed by atoms with van der Waals surface area (Å²) < 4.78 is 0. The number of rotatable bonds is 1. The maximum atomic E-state index is 8.58. The lowest BCUT2D eigenvalue weighted by Crippen LogP contribution is -1.91. The molecule has 0 aliphatic heterocycles. The molecule has 0 saturated carbocycles. The fraction of sp³-hybridized carbons (Fsp3) is 0.375. The van der Waals surface area contributed by atoms with Crippen LogP contribution in [0.2, 0.25) is 0 Å². The Balaban J connectivity index is 0.000000461. The highest BCUT2D eigenvalue weighted by atomic mass is 16.3. The van der Waals surface area contributed by atoms with Crippen molar-refractivity contribution < 1.29 is 5.11 Å². The Morgan fingerprint density at radius 3 is 2.55 bits per heavy atom. The molecule has 3 N–H and O–H groups in total. The molecule has 11 heavy (non-hydrogen) atoms. The molecule has 0 bridgehead atoms. The number of pyridine rings is 1. The quantitative estimate of drug-likeness (QED) is 0.638. The summed E-state index contributed by atoms with van der Waals surface area (Å²) in [4.78, 5) is 3.75. The van der Waals surface area contributed by atoms with Gasteiger partial charge in [0.1, 0.15) is 5.82 Å². The number of nitrogens with two attached hydrogens (primary N) is 1. The van der Waals surface area contributed by atoms with Gasteiger partial charge in [-0.2, -0.15) is 0 Å². The van der Waals surface area contributed by atoms with Gasteiger partial charge in [-0.1, -0.05) is 13.8 Å². The zero-order valence-corrected chi connectivity index (χ0v) is 6.91. The van der Waals surface area contributed by atoms with E-state index >= 15 is 0 Å². The van der Waals surface area contributed by atoms with Gasteiger partial charge in [-0.3, -0.25) is 0 Å². The van der Waals surface area contributed by atoms with E-state index < -0.39 is 0 Å². The maximum Gasteiger partial charge on any atom is 0.123 e. The van der Waals surface area contributed by atoms with Gasteiger partial charge in [0.25, 0.3) is 0 Å². The summed E-state index contributed by atoms with van der Waals surface area (Å²) in [7, 11) is 0. The summed E-state index contributed by atoms with van der Waals surface area (Å²) >= 11 is 0. The Morgan fingerprint density at radius 2 is 2.18 bits per heavy atom. The van der Waals surface area contributed by atoms with Crippen molar-refractivity contribution in [2.75, 3.05) is 5.73 Å². The predicted octanol–water partition coefficient (Wildman–Crippen LogP) is 1.18. The zero-order chi connectivity index (χ0) is 8.69. The van der Waals surface area contributed by atoms with Crippen LogP contribution >= 0.6 is 0 Å². The predicted molar refractivity (Wildman–Crippen MR) is 45.9 cm³/mol. The maximum absolute atomic E-state index is 8.58. The molecule has 3 nitrogen and oxygen atoms in total. The van der Waals surface area contributed by atoms with Crippen molar-refractivity contribution in [1.82, 2.24) is 4.98 Å².